The summed E-state index contributed by atoms with van der Waals surface area (Å²) in [5, 5.41) is 2.72. The first-order chi connectivity index (χ1) is 9.30. The minimum atomic E-state index is -0.426. The Hall–Kier alpha value is -1.10. The number of nitrogens with zero attached hydrogens (tertiary/aromatic N) is 1. The first kappa shape index (κ1) is 13.9. The molecular formula is C15H17BClNO2. The first-order valence-electron chi connectivity index (χ1n) is 6.69. The maximum atomic E-state index is 6.21. The van der Waals surface area contributed by atoms with E-state index in [4.69, 9.17) is 20.9 Å². The molecule has 1 aromatic carbocycles. The summed E-state index contributed by atoms with van der Waals surface area (Å²) >= 11 is 6.21. The summed E-state index contributed by atoms with van der Waals surface area (Å²) in [4.78, 5) is 4.19. The summed E-state index contributed by atoms with van der Waals surface area (Å²) in [6, 6.07) is 5.76. The van der Waals surface area contributed by atoms with Gasteiger partial charge in [0, 0.05) is 17.4 Å². The summed E-state index contributed by atoms with van der Waals surface area (Å²) in [6.45, 7) is 8.16. The molecule has 0 spiro atoms. The highest BCUT2D eigenvalue weighted by molar-refractivity contribution is 6.65. The van der Waals surface area contributed by atoms with E-state index in [2.05, 4.69) is 4.98 Å². The Bertz CT molecular complexity index is 656. The predicted molar refractivity (Wildman–Crippen MR) is 82.5 cm³/mol. The fraction of sp³-hybridized carbons (Fsp3) is 0.400. The lowest BCUT2D eigenvalue weighted by molar-refractivity contribution is 0.00578. The first-order valence-corrected chi connectivity index (χ1v) is 7.07. The van der Waals surface area contributed by atoms with Crippen molar-refractivity contribution in [2.75, 3.05) is 0 Å². The van der Waals surface area contributed by atoms with E-state index in [-0.39, 0.29) is 11.2 Å². The van der Waals surface area contributed by atoms with Crippen LogP contribution in [-0.2, 0) is 9.31 Å². The van der Waals surface area contributed by atoms with Crippen LogP contribution in [0.2, 0.25) is 5.02 Å². The van der Waals surface area contributed by atoms with Crippen LogP contribution in [0, 0.1) is 0 Å². The average molecular weight is 290 g/mol. The molecule has 0 atom stereocenters. The van der Waals surface area contributed by atoms with Crippen LogP contribution in [-0.4, -0.2) is 23.3 Å². The van der Waals surface area contributed by atoms with Crippen LogP contribution in [0.1, 0.15) is 27.7 Å². The van der Waals surface area contributed by atoms with Crippen molar-refractivity contribution >= 4 is 35.0 Å². The number of hydrogen-bond acceptors (Lipinski definition) is 3. The molecule has 1 aromatic heterocycles. The number of pyridine rings is 1. The molecule has 0 saturated carbocycles. The minimum Gasteiger partial charge on any atom is -0.399 e. The highest BCUT2D eigenvalue weighted by atomic mass is 35.5. The maximum absolute atomic E-state index is 6.21. The van der Waals surface area contributed by atoms with Gasteiger partial charge in [0.25, 0.3) is 0 Å². The smallest absolute Gasteiger partial charge is 0.399 e. The van der Waals surface area contributed by atoms with Gasteiger partial charge in [0.2, 0.25) is 0 Å². The third kappa shape index (κ3) is 2.12. The van der Waals surface area contributed by atoms with E-state index in [9.17, 15) is 0 Å². The Balaban J connectivity index is 2.12. The van der Waals surface area contributed by atoms with Crippen LogP contribution >= 0.6 is 11.6 Å². The van der Waals surface area contributed by atoms with Gasteiger partial charge in [0.1, 0.15) is 0 Å². The zero-order valence-electron chi connectivity index (χ0n) is 12.1. The van der Waals surface area contributed by atoms with Crippen LogP contribution in [0.25, 0.3) is 10.8 Å². The molecule has 1 fully saturated rings. The number of aromatic nitrogens is 1. The zero-order chi connectivity index (χ0) is 14.5. The monoisotopic (exact) mass is 289 g/mol. The molecule has 0 bridgehead atoms. The molecule has 3 rings (SSSR count). The summed E-state index contributed by atoms with van der Waals surface area (Å²) in [5.74, 6) is 0. The number of hydrogen-bond donors (Lipinski definition) is 0. The lowest BCUT2D eigenvalue weighted by Crippen LogP contribution is -2.41. The molecular weight excluding hydrogens is 272 g/mol. The van der Waals surface area contributed by atoms with Gasteiger partial charge in [-0.3, -0.25) is 4.98 Å². The van der Waals surface area contributed by atoms with Crippen molar-refractivity contribution in [2.45, 2.75) is 38.9 Å². The van der Waals surface area contributed by atoms with E-state index < -0.39 is 7.12 Å². The molecule has 1 aliphatic rings. The number of halogens is 1. The number of fused-ring (bicyclic) bond motifs is 1. The Morgan fingerprint density at radius 3 is 2.40 bits per heavy atom. The lowest BCUT2D eigenvalue weighted by atomic mass is 9.76. The largest absolute Gasteiger partial charge is 0.495 e. The normalized spacial score (nSPS) is 20.6. The van der Waals surface area contributed by atoms with Crippen molar-refractivity contribution in [3.05, 3.63) is 35.6 Å². The van der Waals surface area contributed by atoms with Gasteiger partial charge in [-0.15, -0.1) is 0 Å². The predicted octanol–water partition coefficient (Wildman–Crippen LogP) is 3.19. The summed E-state index contributed by atoms with van der Waals surface area (Å²) in [5.41, 5.74) is 0.197. The molecule has 5 heteroatoms. The van der Waals surface area contributed by atoms with Crippen molar-refractivity contribution in [1.82, 2.24) is 4.98 Å². The number of benzene rings is 1. The van der Waals surface area contributed by atoms with E-state index in [1.165, 1.54) is 0 Å². The van der Waals surface area contributed by atoms with Crippen LogP contribution in [0.5, 0.6) is 0 Å². The Morgan fingerprint density at radius 2 is 1.75 bits per heavy atom. The highest BCUT2D eigenvalue weighted by Gasteiger charge is 2.52. The molecule has 0 aliphatic carbocycles. The molecule has 20 heavy (non-hydrogen) atoms. The Labute approximate surface area is 124 Å². The van der Waals surface area contributed by atoms with Gasteiger partial charge in [-0.05, 0) is 62.1 Å². The second-order valence-electron chi connectivity index (χ2n) is 6.18. The van der Waals surface area contributed by atoms with Crippen molar-refractivity contribution in [3.63, 3.8) is 0 Å². The lowest BCUT2D eigenvalue weighted by Gasteiger charge is -2.32. The molecule has 2 heterocycles. The highest BCUT2D eigenvalue weighted by Crippen LogP contribution is 2.37. The summed E-state index contributed by atoms with van der Waals surface area (Å²) in [6.07, 6.45) is 3.58. The third-order valence-corrected chi connectivity index (χ3v) is 4.48. The average Bonchev–Trinajstić information content (AvgIpc) is 2.57. The molecule has 3 nitrogen and oxygen atoms in total. The summed E-state index contributed by atoms with van der Waals surface area (Å²) in [7, 11) is -0.426. The van der Waals surface area contributed by atoms with Gasteiger partial charge >= 0.3 is 7.12 Å². The van der Waals surface area contributed by atoms with Gasteiger partial charge in [0.05, 0.1) is 11.2 Å². The standard InChI is InChI=1S/C15H17BClNO2/c1-14(2)15(3,4)20-16(19-14)13-8-11(17)7-10-5-6-18-9-12(10)13/h5-9H,1-4H3. The third-order valence-electron chi connectivity index (χ3n) is 4.26. The Kier molecular flexibility index (Phi) is 3.09. The molecule has 0 amide bonds. The Morgan fingerprint density at radius 1 is 1.10 bits per heavy atom. The summed E-state index contributed by atoms with van der Waals surface area (Å²) < 4.78 is 12.2. The van der Waals surface area contributed by atoms with Crippen LogP contribution in [0.15, 0.2) is 30.6 Å². The van der Waals surface area contributed by atoms with Gasteiger partial charge in [-0.2, -0.15) is 0 Å². The van der Waals surface area contributed by atoms with E-state index >= 15 is 0 Å². The second kappa shape index (κ2) is 4.45. The van der Waals surface area contributed by atoms with E-state index in [1.54, 1.807) is 6.20 Å². The molecule has 1 saturated heterocycles. The second-order valence-corrected chi connectivity index (χ2v) is 6.62. The minimum absolute atomic E-state index is 0.367. The topological polar surface area (TPSA) is 31.4 Å². The van der Waals surface area contributed by atoms with Gasteiger partial charge < -0.3 is 9.31 Å². The number of rotatable bonds is 1. The van der Waals surface area contributed by atoms with Gasteiger partial charge in [-0.25, -0.2) is 0 Å². The van der Waals surface area contributed by atoms with Crippen LogP contribution < -0.4 is 5.46 Å². The quantitative estimate of drug-likeness (QED) is 0.756. The maximum Gasteiger partial charge on any atom is 0.495 e. The van der Waals surface area contributed by atoms with Gasteiger partial charge in [0.15, 0.2) is 0 Å². The molecule has 0 unspecified atom stereocenters. The fourth-order valence-corrected chi connectivity index (χ4v) is 2.59. The van der Waals surface area contributed by atoms with E-state index in [0.717, 1.165) is 16.2 Å². The van der Waals surface area contributed by atoms with Crippen molar-refractivity contribution in [1.29, 1.82) is 0 Å². The van der Waals surface area contributed by atoms with Gasteiger partial charge in [-0.1, -0.05) is 11.6 Å². The zero-order valence-corrected chi connectivity index (χ0v) is 12.9. The van der Waals surface area contributed by atoms with Crippen LogP contribution in [0.3, 0.4) is 0 Å². The van der Waals surface area contributed by atoms with Crippen molar-refractivity contribution in [3.8, 4) is 0 Å². The molecule has 0 radical (unpaired) electrons. The molecule has 0 N–H and O–H groups in total. The molecule has 2 aromatic rings. The van der Waals surface area contributed by atoms with E-state index in [1.807, 2.05) is 52.1 Å². The fourth-order valence-electron chi connectivity index (χ4n) is 2.35. The SMILES string of the molecule is CC1(C)OB(c2cc(Cl)cc3ccncc23)OC1(C)C. The molecule has 104 valence electrons. The molecule has 1 aliphatic heterocycles. The van der Waals surface area contributed by atoms with Crippen molar-refractivity contribution < 1.29 is 9.31 Å². The van der Waals surface area contributed by atoms with E-state index in [0.29, 0.717) is 5.02 Å². The van der Waals surface area contributed by atoms with Crippen LogP contribution in [0.4, 0.5) is 0 Å². The van der Waals surface area contributed by atoms with Crippen molar-refractivity contribution in [2.24, 2.45) is 0 Å².